The number of H-pyrrole nitrogens is 1. The maximum absolute atomic E-state index is 14.1. The van der Waals surface area contributed by atoms with Gasteiger partial charge in [-0.3, -0.25) is 14.5 Å². The highest BCUT2D eigenvalue weighted by molar-refractivity contribution is 5.94. The van der Waals surface area contributed by atoms with Crippen LogP contribution in [0.1, 0.15) is 69.6 Å². The number of nitrogens with zero attached hydrogens (tertiary/aromatic N) is 2. The number of carbonyl (C=O) groups is 2. The Balaban J connectivity index is 0.909. The summed E-state index contributed by atoms with van der Waals surface area (Å²) in [5, 5.41) is 28.0. The maximum atomic E-state index is 14.1. The minimum atomic E-state index is -4.94. The van der Waals surface area contributed by atoms with Crippen molar-refractivity contribution < 1.29 is 47.2 Å². The lowest BCUT2D eigenvalue weighted by Gasteiger charge is -2.43. The van der Waals surface area contributed by atoms with Gasteiger partial charge in [-0.15, -0.1) is 13.2 Å². The van der Waals surface area contributed by atoms with Crippen LogP contribution in [0, 0.1) is 5.92 Å². The average Bonchev–Trinajstić information content (AvgIpc) is 3.33. The van der Waals surface area contributed by atoms with Crippen molar-refractivity contribution in [1.82, 2.24) is 25.4 Å². The molecule has 1 unspecified atom stereocenters. The number of hydrogen-bond acceptors (Lipinski definition) is 10. The molecule has 4 heterocycles. The van der Waals surface area contributed by atoms with E-state index in [1.807, 2.05) is 54.6 Å². The summed E-state index contributed by atoms with van der Waals surface area (Å²) >= 11 is 0. The Hall–Kier alpha value is -6.88. The summed E-state index contributed by atoms with van der Waals surface area (Å²) in [5.41, 5.74) is 3.20. The molecule has 0 spiro atoms. The lowest BCUT2D eigenvalue weighted by Crippen LogP contribution is -2.52. The fourth-order valence-electron chi connectivity index (χ4n) is 8.82. The Morgan fingerprint density at radius 2 is 1.63 bits per heavy atom. The summed E-state index contributed by atoms with van der Waals surface area (Å²) in [7, 11) is 0. The van der Waals surface area contributed by atoms with E-state index in [9.17, 15) is 37.8 Å². The summed E-state index contributed by atoms with van der Waals surface area (Å²) in [6.45, 7) is 3.38. The van der Waals surface area contributed by atoms with E-state index >= 15 is 0 Å². The predicted octanol–water partition coefficient (Wildman–Crippen LogP) is 7.98. The highest BCUT2D eigenvalue weighted by Crippen LogP contribution is 2.32. The number of aromatic hydroxyl groups is 1. The van der Waals surface area contributed by atoms with Gasteiger partial charge in [0, 0.05) is 48.8 Å². The third kappa shape index (κ3) is 12.1. The van der Waals surface area contributed by atoms with E-state index in [1.54, 1.807) is 36.4 Å². The van der Waals surface area contributed by atoms with Crippen LogP contribution in [-0.4, -0.2) is 88.7 Å². The molecule has 16 heteroatoms. The predicted molar refractivity (Wildman–Crippen MR) is 245 cm³/mol. The van der Waals surface area contributed by atoms with Crippen LogP contribution in [0.15, 0.2) is 132 Å². The van der Waals surface area contributed by atoms with E-state index in [1.165, 1.54) is 41.3 Å². The van der Waals surface area contributed by atoms with Crippen molar-refractivity contribution in [2.45, 2.75) is 57.0 Å². The van der Waals surface area contributed by atoms with Crippen LogP contribution < -0.4 is 25.7 Å². The number of phenols is 1. The number of aromatic nitrogens is 1. The van der Waals surface area contributed by atoms with E-state index < -0.39 is 41.8 Å². The zero-order chi connectivity index (χ0) is 46.9. The van der Waals surface area contributed by atoms with Crippen LogP contribution in [-0.2, 0) is 17.9 Å². The molecule has 3 aliphatic rings. The number of aromatic amines is 1. The van der Waals surface area contributed by atoms with Gasteiger partial charge in [0.2, 0.25) is 5.56 Å². The summed E-state index contributed by atoms with van der Waals surface area (Å²) in [5.74, 6) is -0.0290. The number of aliphatic hydroxyl groups is 1. The van der Waals surface area contributed by atoms with E-state index in [2.05, 4.69) is 25.3 Å². The summed E-state index contributed by atoms with van der Waals surface area (Å²) in [6, 6.07) is 34.8. The summed E-state index contributed by atoms with van der Waals surface area (Å²) in [4.78, 5) is 45.6. The number of alkyl carbamates (subject to hydrolysis) is 1. The molecule has 2 amide bonds. The number of benzene rings is 5. The molecule has 3 aliphatic heterocycles. The van der Waals surface area contributed by atoms with Gasteiger partial charge in [0.25, 0.3) is 5.91 Å². The summed E-state index contributed by atoms with van der Waals surface area (Å²) < 4.78 is 56.6. The minimum Gasteiger partial charge on any atom is -0.506 e. The number of rotatable bonds is 18. The number of alkyl halides is 3. The number of aliphatic hydroxyl groups excluding tert-OH is 1. The van der Waals surface area contributed by atoms with Crippen LogP contribution in [0.2, 0.25) is 0 Å². The number of piperidine rings is 3. The van der Waals surface area contributed by atoms with Crippen molar-refractivity contribution in [3.8, 4) is 17.2 Å². The van der Waals surface area contributed by atoms with Gasteiger partial charge in [0.15, 0.2) is 0 Å². The first-order valence-corrected chi connectivity index (χ1v) is 22.3. The molecule has 0 aliphatic carbocycles. The SMILES string of the molecule is O=C(NC(c1ccccc1)c1cccc(OCc2ccc(C(=O)N(CCCNC[C@@H](O)c3ccc(O)c4[nH]c(=O)ccc34)Cc3ccccc3OC(F)(F)F)cc2)c1)O[C@H]1CN2CCC1CC2. The molecule has 0 saturated carbocycles. The number of nitrogens with one attached hydrogen (secondary N) is 3. The highest BCUT2D eigenvalue weighted by atomic mass is 19.4. The molecule has 5 N–H and O–H groups in total. The lowest BCUT2D eigenvalue weighted by molar-refractivity contribution is -0.275. The van der Waals surface area contributed by atoms with Crippen LogP contribution in [0.4, 0.5) is 18.0 Å². The summed E-state index contributed by atoms with van der Waals surface area (Å²) in [6.07, 6.45) is -4.14. The largest absolute Gasteiger partial charge is 0.573 e. The van der Waals surface area contributed by atoms with Gasteiger partial charge < -0.3 is 44.9 Å². The topological polar surface area (TPSA) is 166 Å². The molecule has 6 aromatic rings. The van der Waals surface area contributed by atoms with Crippen molar-refractivity contribution in [3.63, 3.8) is 0 Å². The number of amides is 2. The third-order valence-corrected chi connectivity index (χ3v) is 12.3. The zero-order valence-electron chi connectivity index (χ0n) is 36.6. The van der Waals surface area contributed by atoms with Gasteiger partial charge in [-0.1, -0.05) is 78.9 Å². The molecule has 0 radical (unpaired) electrons. The number of halogens is 3. The number of ether oxygens (including phenoxy) is 3. The minimum absolute atomic E-state index is 0.0991. The first kappa shape index (κ1) is 46.6. The fourth-order valence-corrected chi connectivity index (χ4v) is 8.82. The van der Waals surface area contributed by atoms with Gasteiger partial charge in [0.1, 0.15) is 30.0 Å². The van der Waals surface area contributed by atoms with Gasteiger partial charge in [-0.2, -0.15) is 0 Å². The Kier molecular flexibility index (Phi) is 14.7. The molecule has 3 saturated heterocycles. The van der Waals surface area contributed by atoms with Crippen LogP contribution in [0.3, 0.4) is 0 Å². The quantitative estimate of drug-likeness (QED) is 0.0534. The van der Waals surface area contributed by atoms with E-state index in [0.717, 1.165) is 49.2 Å². The first-order valence-electron chi connectivity index (χ1n) is 22.3. The van der Waals surface area contributed by atoms with Crippen molar-refractivity contribution in [2.75, 3.05) is 39.3 Å². The molecule has 67 heavy (non-hydrogen) atoms. The normalized spacial score (nSPS) is 17.6. The average molecular weight is 920 g/mol. The number of carbonyl (C=O) groups excluding carboxylic acids is 2. The Morgan fingerprint density at radius 1 is 0.881 bits per heavy atom. The number of pyridine rings is 1. The van der Waals surface area contributed by atoms with Crippen LogP contribution >= 0.6 is 0 Å². The standard InChI is InChI=1S/C51H52F3N5O8/c52-51(53,54)67-44-13-5-4-10-38(44)30-59(25-7-24-55-29-43(61)40-18-20-42(60)48-41(40)19-21-46(62)56-48)49(63)36-16-14-33(15-17-36)32-65-39-12-6-11-37(28-39)47(35-8-2-1-3-9-35)57-50(64)66-45-31-58-26-22-34(45)23-27-58/h1-6,8-21,28,34,43,45,47,55,60-61H,7,22-27,29-32H2,(H,56,62)(H,57,64)/t43-,45+,47?/m1/s1. The number of phenolic OH excluding ortho intramolecular Hbond substituents is 1. The molecule has 350 valence electrons. The Bertz CT molecular complexity index is 2690. The lowest BCUT2D eigenvalue weighted by atomic mass is 9.86. The molecule has 3 atom stereocenters. The maximum Gasteiger partial charge on any atom is 0.573 e. The number of fused-ring (bicyclic) bond motifs is 4. The Morgan fingerprint density at radius 3 is 2.37 bits per heavy atom. The van der Waals surface area contributed by atoms with E-state index in [-0.39, 0.29) is 49.2 Å². The van der Waals surface area contributed by atoms with Gasteiger partial charge in [-0.25, -0.2) is 4.79 Å². The second-order valence-electron chi connectivity index (χ2n) is 16.9. The zero-order valence-corrected chi connectivity index (χ0v) is 36.6. The van der Waals surface area contributed by atoms with Gasteiger partial charge >= 0.3 is 12.5 Å². The first-order chi connectivity index (χ1) is 32.4. The molecular weight excluding hydrogens is 868 g/mol. The molecular formula is C51H52F3N5O8. The Labute approximate surface area is 385 Å². The van der Waals surface area contributed by atoms with E-state index in [0.29, 0.717) is 41.1 Å². The van der Waals surface area contributed by atoms with Gasteiger partial charge in [0.05, 0.1) is 17.7 Å². The van der Waals surface area contributed by atoms with Crippen molar-refractivity contribution in [2.24, 2.45) is 5.92 Å². The third-order valence-electron chi connectivity index (χ3n) is 12.3. The number of hydrogen-bond donors (Lipinski definition) is 5. The van der Waals surface area contributed by atoms with Crippen molar-refractivity contribution >= 4 is 22.9 Å². The molecule has 2 bridgehead atoms. The van der Waals surface area contributed by atoms with Crippen molar-refractivity contribution in [3.05, 3.63) is 171 Å². The fraction of sp³-hybridized carbons (Fsp3) is 0.314. The highest BCUT2D eigenvalue weighted by Gasteiger charge is 2.37. The second kappa shape index (κ2) is 21.2. The van der Waals surface area contributed by atoms with E-state index in [4.69, 9.17) is 9.47 Å². The molecule has 1 aromatic heterocycles. The van der Waals surface area contributed by atoms with Crippen LogP contribution in [0.25, 0.3) is 10.9 Å². The van der Waals surface area contributed by atoms with Gasteiger partial charge in [-0.05, 0) is 110 Å². The van der Waals surface area contributed by atoms with Crippen LogP contribution in [0.5, 0.6) is 17.2 Å². The molecule has 3 fully saturated rings. The molecule has 9 rings (SSSR count). The molecule has 5 aromatic carbocycles. The number of para-hydroxylation sites is 1. The van der Waals surface area contributed by atoms with Crippen molar-refractivity contribution in [1.29, 1.82) is 0 Å². The molecule has 13 nitrogen and oxygen atoms in total. The second-order valence-corrected chi connectivity index (χ2v) is 16.9. The monoisotopic (exact) mass is 919 g/mol. The smallest absolute Gasteiger partial charge is 0.506 e.